The molecule has 1 heterocycles. The molecule has 4 heteroatoms. The molecule has 0 saturated carbocycles. The fraction of sp³-hybridized carbons (Fsp3) is 0.353. The van der Waals surface area contributed by atoms with E-state index in [0.29, 0.717) is 11.0 Å². The van der Waals surface area contributed by atoms with Crippen molar-refractivity contribution in [2.45, 2.75) is 32.2 Å². The molecule has 0 unspecified atom stereocenters. The zero-order valence-electron chi connectivity index (χ0n) is 12.7. The van der Waals surface area contributed by atoms with Gasteiger partial charge in [0.25, 0.3) is 0 Å². The minimum absolute atomic E-state index is 0.107. The highest BCUT2D eigenvalue weighted by Gasteiger charge is 2.16. The number of thiocarbonyl (C=S) groups is 1. The van der Waals surface area contributed by atoms with Gasteiger partial charge in [-0.25, -0.2) is 0 Å². The summed E-state index contributed by atoms with van der Waals surface area (Å²) in [5.74, 6) is 0.602. The summed E-state index contributed by atoms with van der Waals surface area (Å²) < 4.78 is 0. The molecule has 0 amide bonds. The van der Waals surface area contributed by atoms with Gasteiger partial charge >= 0.3 is 0 Å². The van der Waals surface area contributed by atoms with Crippen LogP contribution in [0, 0.1) is 0 Å². The van der Waals surface area contributed by atoms with E-state index in [0.717, 1.165) is 6.42 Å². The lowest BCUT2D eigenvalue weighted by atomic mass is 9.95. The summed E-state index contributed by atoms with van der Waals surface area (Å²) in [6.45, 7) is 4.49. The van der Waals surface area contributed by atoms with E-state index in [1.807, 2.05) is 7.05 Å². The number of hydrogen-bond acceptors (Lipinski definition) is 2. The van der Waals surface area contributed by atoms with Gasteiger partial charge in [0.1, 0.15) is 0 Å². The Morgan fingerprint density at radius 3 is 2.38 bits per heavy atom. The first kappa shape index (κ1) is 16.0. The Balaban J connectivity index is 2.26. The Bertz CT molecular complexity index is 561. The van der Waals surface area contributed by atoms with Crippen molar-refractivity contribution in [1.29, 1.82) is 0 Å². The van der Waals surface area contributed by atoms with Gasteiger partial charge in [0, 0.05) is 11.9 Å². The molecular weight excluding hydrogens is 296 g/mol. The molecule has 21 heavy (non-hydrogen) atoms. The predicted octanol–water partition coefficient (Wildman–Crippen LogP) is 4.44. The summed E-state index contributed by atoms with van der Waals surface area (Å²) >= 11 is 7.02. The van der Waals surface area contributed by atoms with E-state index in [-0.39, 0.29) is 6.04 Å². The second-order valence-electron chi connectivity index (χ2n) is 5.15. The molecule has 0 spiro atoms. The van der Waals surface area contributed by atoms with Crippen LogP contribution in [0.5, 0.6) is 0 Å². The smallest absolute Gasteiger partial charge is 0.166 e. The maximum Gasteiger partial charge on any atom is 0.166 e. The van der Waals surface area contributed by atoms with Crippen molar-refractivity contribution >= 4 is 28.7 Å². The Morgan fingerprint density at radius 2 is 1.86 bits per heavy atom. The average Bonchev–Trinajstić information content (AvgIpc) is 3.06. The molecule has 2 N–H and O–H groups in total. The standard InChI is InChI=1S/C17H22N2S2/c1-4-12(2)13-7-9-14(10-8-13)16(19-17(20)18-3)15-6-5-11-21-15/h5-12,16H,4H2,1-3H3,(H2,18,19,20)/t12-,16+/m0/s1. The number of thiophene rings is 1. The van der Waals surface area contributed by atoms with Crippen LogP contribution in [-0.2, 0) is 0 Å². The summed E-state index contributed by atoms with van der Waals surface area (Å²) in [6, 6.07) is 13.2. The molecule has 0 radical (unpaired) electrons. The van der Waals surface area contributed by atoms with Crippen LogP contribution in [0.3, 0.4) is 0 Å². The quantitative estimate of drug-likeness (QED) is 0.797. The molecule has 0 aliphatic carbocycles. The van der Waals surface area contributed by atoms with Gasteiger partial charge in [0.15, 0.2) is 5.11 Å². The van der Waals surface area contributed by atoms with Crippen LogP contribution in [0.15, 0.2) is 41.8 Å². The van der Waals surface area contributed by atoms with E-state index in [1.54, 1.807) is 11.3 Å². The maximum absolute atomic E-state index is 5.27. The van der Waals surface area contributed by atoms with Gasteiger partial charge in [0.2, 0.25) is 0 Å². The minimum atomic E-state index is 0.107. The number of rotatable bonds is 5. The Hall–Kier alpha value is -1.39. The monoisotopic (exact) mass is 318 g/mol. The third-order valence-electron chi connectivity index (χ3n) is 3.78. The summed E-state index contributed by atoms with van der Waals surface area (Å²) in [5.41, 5.74) is 2.63. The molecule has 2 atom stereocenters. The second kappa shape index (κ2) is 7.57. The first-order chi connectivity index (χ1) is 10.2. The van der Waals surface area contributed by atoms with Crippen LogP contribution in [-0.4, -0.2) is 12.2 Å². The third kappa shape index (κ3) is 4.05. The Kier molecular flexibility index (Phi) is 5.76. The van der Waals surface area contributed by atoms with Crippen molar-refractivity contribution in [1.82, 2.24) is 10.6 Å². The van der Waals surface area contributed by atoms with E-state index in [1.165, 1.54) is 16.0 Å². The van der Waals surface area contributed by atoms with Crippen molar-refractivity contribution in [3.8, 4) is 0 Å². The van der Waals surface area contributed by atoms with Gasteiger partial charge in [0.05, 0.1) is 6.04 Å². The summed E-state index contributed by atoms with van der Waals surface area (Å²) in [4.78, 5) is 1.27. The summed E-state index contributed by atoms with van der Waals surface area (Å²) in [5, 5.41) is 9.13. The van der Waals surface area contributed by atoms with Gasteiger partial charge in [-0.1, -0.05) is 44.2 Å². The number of benzene rings is 1. The van der Waals surface area contributed by atoms with Crippen molar-refractivity contribution in [3.05, 3.63) is 57.8 Å². The molecule has 112 valence electrons. The summed E-state index contributed by atoms with van der Waals surface area (Å²) in [6.07, 6.45) is 1.16. The van der Waals surface area contributed by atoms with Crippen molar-refractivity contribution in [3.63, 3.8) is 0 Å². The molecule has 1 aromatic heterocycles. The first-order valence-electron chi connectivity index (χ1n) is 7.27. The van der Waals surface area contributed by atoms with E-state index in [2.05, 4.69) is 66.3 Å². The molecule has 2 aromatic rings. The Morgan fingerprint density at radius 1 is 1.19 bits per heavy atom. The van der Waals surface area contributed by atoms with Crippen molar-refractivity contribution in [2.24, 2.45) is 0 Å². The molecule has 0 aliphatic rings. The average molecular weight is 319 g/mol. The first-order valence-corrected chi connectivity index (χ1v) is 8.56. The van der Waals surface area contributed by atoms with E-state index in [4.69, 9.17) is 12.2 Å². The lowest BCUT2D eigenvalue weighted by molar-refractivity contribution is 0.728. The highest BCUT2D eigenvalue weighted by Crippen LogP contribution is 2.28. The normalized spacial score (nSPS) is 13.5. The molecular formula is C17H22N2S2. The molecule has 1 aromatic carbocycles. The molecule has 0 aliphatic heterocycles. The second-order valence-corrected chi connectivity index (χ2v) is 6.54. The van der Waals surface area contributed by atoms with Crippen molar-refractivity contribution < 1.29 is 0 Å². The molecule has 2 nitrogen and oxygen atoms in total. The van der Waals surface area contributed by atoms with Crippen LogP contribution in [0.1, 0.15) is 48.2 Å². The third-order valence-corrected chi connectivity index (χ3v) is 5.04. The highest BCUT2D eigenvalue weighted by molar-refractivity contribution is 7.80. The van der Waals surface area contributed by atoms with Crippen LogP contribution in [0.25, 0.3) is 0 Å². The van der Waals surface area contributed by atoms with Crippen LogP contribution < -0.4 is 10.6 Å². The number of hydrogen-bond donors (Lipinski definition) is 2. The van der Waals surface area contributed by atoms with E-state index < -0.39 is 0 Å². The zero-order valence-corrected chi connectivity index (χ0v) is 14.4. The van der Waals surface area contributed by atoms with Gasteiger partial charge in [-0.3, -0.25) is 0 Å². The fourth-order valence-electron chi connectivity index (χ4n) is 2.23. The summed E-state index contributed by atoms with van der Waals surface area (Å²) in [7, 11) is 1.84. The molecule has 0 bridgehead atoms. The van der Waals surface area contributed by atoms with E-state index in [9.17, 15) is 0 Å². The highest BCUT2D eigenvalue weighted by atomic mass is 32.1. The van der Waals surface area contributed by atoms with Gasteiger partial charge in [-0.2, -0.15) is 0 Å². The maximum atomic E-state index is 5.27. The lowest BCUT2D eigenvalue weighted by Gasteiger charge is -2.20. The SMILES string of the molecule is CC[C@H](C)c1ccc([C@@H](NC(=S)NC)c2cccs2)cc1. The predicted molar refractivity (Wildman–Crippen MR) is 96.1 cm³/mol. The van der Waals surface area contributed by atoms with Gasteiger partial charge in [-0.15, -0.1) is 11.3 Å². The fourth-order valence-corrected chi connectivity index (χ4v) is 3.15. The number of nitrogens with one attached hydrogen (secondary N) is 2. The van der Waals surface area contributed by atoms with Gasteiger partial charge < -0.3 is 10.6 Å². The largest absolute Gasteiger partial charge is 0.366 e. The lowest BCUT2D eigenvalue weighted by Crippen LogP contribution is -2.35. The van der Waals surface area contributed by atoms with Crippen LogP contribution in [0.4, 0.5) is 0 Å². The topological polar surface area (TPSA) is 24.1 Å². The Labute approximate surface area is 136 Å². The molecule has 2 rings (SSSR count). The minimum Gasteiger partial charge on any atom is -0.366 e. The molecule has 0 fully saturated rings. The van der Waals surface area contributed by atoms with Crippen molar-refractivity contribution in [2.75, 3.05) is 7.05 Å². The van der Waals surface area contributed by atoms with Gasteiger partial charge in [-0.05, 0) is 47.1 Å². The zero-order chi connectivity index (χ0) is 15.2. The molecule has 0 saturated heterocycles. The van der Waals surface area contributed by atoms with Crippen LogP contribution in [0.2, 0.25) is 0 Å². The van der Waals surface area contributed by atoms with E-state index >= 15 is 0 Å². The van der Waals surface area contributed by atoms with Crippen LogP contribution >= 0.6 is 23.6 Å².